The number of nitrogens with one attached hydrogen (secondary N) is 1. The van der Waals surface area contributed by atoms with Crippen molar-refractivity contribution in [3.8, 4) is 0 Å². The number of amides is 5. The number of carbonyl (C=O) groups excluding carboxylic acids is 4. The molecule has 1 aliphatic carbocycles. The molecule has 9 heteroatoms. The molecule has 2 aliphatic rings. The average Bonchev–Trinajstić information content (AvgIpc) is 2.86. The van der Waals surface area contributed by atoms with Crippen LogP contribution in [0.1, 0.15) is 32.1 Å². The third-order valence-corrected chi connectivity index (χ3v) is 5.71. The van der Waals surface area contributed by atoms with Crippen molar-refractivity contribution in [1.29, 1.82) is 0 Å². The van der Waals surface area contributed by atoms with Crippen molar-refractivity contribution in [2.24, 2.45) is 0 Å². The van der Waals surface area contributed by atoms with Crippen LogP contribution < -0.4 is 5.32 Å². The Bertz CT molecular complexity index is 820. The fourth-order valence-corrected chi connectivity index (χ4v) is 3.96. The van der Waals surface area contributed by atoms with E-state index in [4.69, 9.17) is 0 Å². The molecule has 0 atom stereocenters. The number of nitrogens with zero attached hydrogens (tertiary/aromatic N) is 3. The number of urea groups is 1. The molecular formula is C20H25FN4O4. The van der Waals surface area contributed by atoms with Gasteiger partial charge in [0, 0.05) is 19.8 Å². The topological polar surface area (TPSA) is 90.0 Å². The Kier molecular flexibility index (Phi) is 5.86. The average molecular weight is 404 g/mol. The highest BCUT2D eigenvalue weighted by Crippen LogP contribution is 2.39. The van der Waals surface area contributed by atoms with Crippen LogP contribution in [0.4, 0.5) is 14.9 Å². The summed E-state index contributed by atoms with van der Waals surface area (Å²) in [5.74, 6) is -1.73. The first kappa shape index (κ1) is 20.8. The lowest BCUT2D eigenvalue weighted by atomic mass is 9.81. The van der Waals surface area contributed by atoms with Crippen molar-refractivity contribution < 1.29 is 23.6 Å². The molecule has 1 aromatic carbocycles. The summed E-state index contributed by atoms with van der Waals surface area (Å²) in [6, 6.07) is 4.78. The van der Waals surface area contributed by atoms with E-state index >= 15 is 0 Å². The molecule has 1 spiro atoms. The van der Waals surface area contributed by atoms with Gasteiger partial charge < -0.3 is 15.1 Å². The molecule has 2 fully saturated rings. The van der Waals surface area contributed by atoms with Crippen molar-refractivity contribution in [3.05, 3.63) is 30.1 Å². The maximum Gasteiger partial charge on any atom is 0.327 e. The Hall–Kier alpha value is -2.97. The lowest BCUT2D eigenvalue weighted by molar-refractivity contribution is -0.140. The fourth-order valence-electron chi connectivity index (χ4n) is 3.96. The van der Waals surface area contributed by atoms with Gasteiger partial charge in [-0.1, -0.05) is 19.3 Å². The van der Waals surface area contributed by atoms with Gasteiger partial charge in [0.05, 0.1) is 6.54 Å². The van der Waals surface area contributed by atoms with Gasteiger partial charge in [-0.15, -0.1) is 0 Å². The molecule has 3 rings (SSSR count). The van der Waals surface area contributed by atoms with E-state index in [1.54, 1.807) is 7.05 Å². The molecule has 0 aromatic heterocycles. The molecule has 8 nitrogen and oxygen atoms in total. The third kappa shape index (κ3) is 4.08. The molecule has 1 heterocycles. The molecule has 1 aromatic rings. The summed E-state index contributed by atoms with van der Waals surface area (Å²) < 4.78 is 12.9. The smallest absolute Gasteiger partial charge is 0.327 e. The fraction of sp³-hybridized carbons (Fsp3) is 0.500. The van der Waals surface area contributed by atoms with Gasteiger partial charge in [-0.3, -0.25) is 19.3 Å². The van der Waals surface area contributed by atoms with Crippen molar-refractivity contribution in [3.63, 3.8) is 0 Å². The van der Waals surface area contributed by atoms with Gasteiger partial charge in [0.2, 0.25) is 11.8 Å². The molecule has 0 radical (unpaired) electrons. The molecular weight excluding hydrogens is 379 g/mol. The summed E-state index contributed by atoms with van der Waals surface area (Å²) in [5, 5.41) is 2.56. The third-order valence-electron chi connectivity index (χ3n) is 5.71. The van der Waals surface area contributed by atoms with E-state index in [1.807, 2.05) is 0 Å². The first-order chi connectivity index (χ1) is 13.7. The highest BCUT2D eigenvalue weighted by Gasteiger charge is 2.55. The minimum absolute atomic E-state index is 0.257. The van der Waals surface area contributed by atoms with E-state index < -0.39 is 35.7 Å². The molecule has 1 N–H and O–H groups in total. The SMILES string of the molecule is CN(CC(=O)Nc1ccc(F)cc1)C(=O)CN1C(=O)N(C)C2(CCCCC2)C1=O. The van der Waals surface area contributed by atoms with Crippen molar-refractivity contribution in [1.82, 2.24) is 14.7 Å². The molecule has 0 unspecified atom stereocenters. The van der Waals surface area contributed by atoms with Gasteiger partial charge >= 0.3 is 6.03 Å². The number of likely N-dealkylation sites (N-methyl/N-ethyl adjacent to an activating group) is 2. The van der Waals surface area contributed by atoms with E-state index in [9.17, 15) is 23.6 Å². The van der Waals surface area contributed by atoms with Gasteiger partial charge in [-0.2, -0.15) is 0 Å². The zero-order chi connectivity index (χ0) is 21.2. The van der Waals surface area contributed by atoms with E-state index in [2.05, 4.69) is 5.32 Å². The number of hydrogen-bond acceptors (Lipinski definition) is 4. The zero-order valence-electron chi connectivity index (χ0n) is 16.6. The van der Waals surface area contributed by atoms with Crippen LogP contribution in [0.2, 0.25) is 0 Å². The standard InChI is InChI=1S/C20H25FN4O4/c1-23(12-16(26)22-15-8-6-14(21)7-9-15)17(27)13-25-18(28)20(24(2)19(25)29)10-4-3-5-11-20/h6-9H,3-5,10-13H2,1-2H3,(H,22,26). The lowest BCUT2D eigenvalue weighted by Crippen LogP contribution is -2.49. The lowest BCUT2D eigenvalue weighted by Gasteiger charge is -2.35. The summed E-state index contributed by atoms with van der Waals surface area (Å²) >= 11 is 0. The van der Waals surface area contributed by atoms with Crippen LogP contribution in [-0.4, -0.2) is 71.2 Å². The van der Waals surface area contributed by atoms with Gasteiger partial charge in [0.1, 0.15) is 17.9 Å². The van der Waals surface area contributed by atoms with Crippen molar-refractivity contribution >= 4 is 29.4 Å². The Morgan fingerprint density at radius 3 is 2.38 bits per heavy atom. The molecule has 156 valence electrons. The second kappa shape index (κ2) is 8.18. The maximum absolute atomic E-state index is 12.9. The second-order valence-corrected chi connectivity index (χ2v) is 7.63. The van der Waals surface area contributed by atoms with Gasteiger partial charge in [0.25, 0.3) is 5.91 Å². The minimum Gasteiger partial charge on any atom is -0.335 e. The number of hydrogen-bond donors (Lipinski definition) is 1. The Labute approximate surface area is 168 Å². The van der Waals surface area contributed by atoms with Crippen molar-refractivity contribution in [2.75, 3.05) is 32.5 Å². The van der Waals surface area contributed by atoms with Gasteiger partial charge in [0.15, 0.2) is 0 Å². The Morgan fingerprint density at radius 2 is 1.76 bits per heavy atom. The molecule has 5 amide bonds. The second-order valence-electron chi connectivity index (χ2n) is 7.63. The van der Waals surface area contributed by atoms with Crippen LogP contribution >= 0.6 is 0 Å². The summed E-state index contributed by atoms with van der Waals surface area (Å²) in [5.41, 5.74) is -0.434. The number of anilines is 1. The number of carbonyl (C=O) groups is 4. The molecule has 1 saturated carbocycles. The van der Waals surface area contributed by atoms with Crippen LogP contribution in [0.5, 0.6) is 0 Å². The summed E-state index contributed by atoms with van der Waals surface area (Å²) in [6.07, 6.45) is 3.98. The van der Waals surface area contributed by atoms with Gasteiger partial charge in [-0.05, 0) is 37.1 Å². The Morgan fingerprint density at radius 1 is 1.14 bits per heavy atom. The maximum atomic E-state index is 12.9. The summed E-state index contributed by atoms with van der Waals surface area (Å²) in [7, 11) is 3.04. The van der Waals surface area contributed by atoms with Crippen LogP contribution in [0.3, 0.4) is 0 Å². The first-order valence-corrected chi connectivity index (χ1v) is 9.64. The summed E-state index contributed by atoms with van der Waals surface area (Å²) in [6.45, 7) is -0.655. The van der Waals surface area contributed by atoms with Crippen LogP contribution in [-0.2, 0) is 14.4 Å². The molecule has 1 aliphatic heterocycles. The van der Waals surface area contributed by atoms with Crippen molar-refractivity contribution in [2.45, 2.75) is 37.6 Å². The zero-order valence-corrected chi connectivity index (χ0v) is 16.6. The largest absolute Gasteiger partial charge is 0.335 e. The molecule has 0 bridgehead atoms. The number of halogens is 1. The molecule has 29 heavy (non-hydrogen) atoms. The van der Waals surface area contributed by atoms with E-state index in [-0.39, 0.29) is 12.5 Å². The van der Waals surface area contributed by atoms with E-state index in [1.165, 1.54) is 36.2 Å². The number of rotatable bonds is 5. The van der Waals surface area contributed by atoms with E-state index in [0.717, 1.165) is 29.1 Å². The summed E-state index contributed by atoms with van der Waals surface area (Å²) in [4.78, 5) is 53.8. The molecule has 1 saturated heterocycles. The van der Waals surface area contributed by atoms with Crippen LogP contribution in [0.15, 0.2) is 24.3 Å². The number of benzene rings is 1. The normalized spacial score (nSPS) is 18.3. The Balaban J connectivity index is 1.59. The van der Waals surface area contributed by atoms with Crippen LogP contribution in [0, 0.1) is 5.82 Å². The minimum atomic E-state index is -0.839. The quantitative estimate of drug-likeness (QED) is 0.758. The van der Waals surface area contributed by atoms with Gasteiger partial charge in [-0.25, -0.2) is 9.18 Å². The van der Waals surface area contributed by atoms with E-state index in [0.29, 0.717) is 18.5 Å². The van der Waals surface area contributed by atoms with Crippen LogP contribution in [0.25, 0.3) is 0 Å². The highest BCUT2D eigenvalue weighted by atomic mass is 19.1. The predicted octanol–water partition coefficient (Wildman–Crippen LogP) is 1.82. The first-order valence-electron chi connectivity index (χ1n) is 9.64. The monoisotopic (exact) mass is 404 g/mol. The number of imide groups is 1. The highest BCUT2D eigenvalue weighted by molar-refractivity contribution is 6.09. The predicted molar refractivity (Wildman–Crippen MR) is 103 cm³/mol.